The first-order chi connectivity index (χ1) is 13.5. The van der Waals surface area contributed by atoms with E-state index in [1.807, 2.05) is 50.4 Å². The normalized spacial score (nSPS) is 10.9. The number of hydrogen-bond donors (Lipinski definition) is 2. The third-order valence-electron chi connectivity index (χ3n) is 3.97. The van der Waals surface area contributed by atoms with E-state index in [1.165, 1.54) is 5.56 Å². The molecule has 0 aliphatic rings. The molecule has 0 spiro atoms. The Morgan fingerprint density at radius 3 is 2.46 bits per heavy atom. The maximum absolute atomic E-state index is 5.87. The molecule has 0 saturated carbocycles. The second kappa shape index (κ2) is 9.34. The molecular formula is C20H23ClN6O. The fraction of sp³-hybridized carbons (Fsp3) is 0.250. The highest BCUT2D eigenvalue weighted by Gasteiger charge is 2.08. The molecule has 2 aromatic carbocycles. The summed E-state index contributed by atoms with van der Waals surface area (Å²) in [7, 11) is 1.97. The molecule has 0 aliphatic carbocycles. The number of nitrogens with two attached hydrogens (primary N) is 1. The number of nitrogen functional groups attached to an aromatic ring is 1. The first-order valence-electron chi connectivity index (χ1n) is 8.89. The van der Waals surface area contributed by atoms with Gasteiger partial charge < -0.3 is 15.8 Å². The Bertz CT molecular complexity index is 902. The molecule has 0 unspecified atom stereocenters. The number of hydrogen-bond acceptors (Lipinski definition) is 7. The molecular weight excluding hydrogens is 376 g/mol. The van der Waals surface area contributed by atoms with Crippen LogP contribution in [-0.2, 0) is 6.54 Å². The first-order valence-corrected chi connectivity index (χ1v) is 9.27. The van der Waals surface area contributed by atoms with Crippen LogP contribution in [0.15, 0.2) is 48.5 Å². The van der Waals surface area contributed by atoms with Crippen molar-refractivity contribution in [1.82, 2.24) is 19.9 Å². The SMILES string of the molecule is Cc1ccc(Nc2nc(N)nc(CN(C)CCOc3ccc(Cl)cc3)n2)cc1. The quantitative estimate of drug-likeness (QED) is 0.598. The Hall–Kier alpha value is -2.90. The number of nitrogens with one attached hydrogen (secondary N) is 1. The van der Waals surface area contributed by atoms with Crippen molar-refractivity contribution in [3.05, 3.63) is 64.9 Å². The Balaban J connectivity index is 1.54. The molecule has 0 amide bonds. The summed E-state index contributed by atoms with van der Waals surface area (Å²) in [4.78, 5) is 14.9. The van der Waals surface area contributed by atoms with E-state index in [0.717, 1.165) is 11.4 Å². The van der Waals surface area contributed by atoms with Crippen molar-refractivity contribution in [3.63, 3.8) is 0 Å². The summed E-state index contributed by atoms with van der Waals surface area (Å²) >= 11 is 5.87. The summed E-state index contributed by atoms with van der Waals surface area (Å²) in [6.07, 6.45) is 0. The first kappa shape index (κ1) is 19.9. The van der Waals surface area contributed by atoms with E-state index in [1.54, 1.807) is 12.1 Å². The lowest BCUT2D eigenvalue weighted by atomic mass is 10.2. The summed E-state index contributed by atoms with van der Waals surface area (Å²) in [5.41, 5.74) is 7.92. The average molecular weight is 399 g/mol. The van der Waals surface area contributed by atoms with Crippen LogP contribution in [0.5, 0.6) is 5.75 Å². The minimum atomic E-state index is 0.186. The van der Waals surface area contributed by atoms with Crippen LogP contribution in [0.4, 0.5) is 17.6 Å². The predicted molar refractivity (Wildman–Crippen MR) is 112 cm³/mol. The lowest BCUT2D eigenvalue weighted by molar-refractivity contribution is 0.230. The lowest BCUT2D eigenvalue weighted by Crippen LogP contribution is -2.25. The van der Waals surface area contributed by atoms with Crippen molar-refractivity contribution in [3.8, 4) is 5.75 Å². The number of rotatable bonds is 8. The molecule has 0 fully saturated rings. The van der Waals surface area contributed by atoms with Crippen LogP contribution in [0.25, 0.3) is 0 Å². The molecule has 3 rings (SSSR count). The second-order valence-corrected chi connectivity index (χ2v) is 6.90. The Morgan fingerprint density at radius 2 is 1.75 bits per heavy atom. The zero-order valence-corrected chi connectivity index (χ0v) is 16.6. The lowest BCUT2D eigenvalue weighted by Gasteiger charge is -2.16. The molecule has 8 heteroatoms. The molecule has 0 aliphatic heterocycles. The van der Waals surface area contributed by atoms with E-state index in [-0.39, 0.29) is 5.95 Å². The molecule has 0 saturated heterocycles. The van der Waals surface area contributed by atoms with Crippen LogP contribution in [0.1, 0.15) is 11.4 Å². The monoisotopic (exact) mass is 398 g/mol. The minimum absolute atomic E-state index is 0.186. The van der Waals surface area contributed by atoms with Gasteiger partial charge in [0.25, 0.3) is 0 Å². The molecule has 28 heavy (non-hydrogen) atoms. The highest BCUT2D eigenvalue weighted by Crippen LogP contribution is 2.16. The van der Waals surface area contributed by atoms with E-state index in [4.69, 9.17) is 22.1 Å². The van der Waals surface area contributed by atoms with Gasteiger partial charge in [-0.2, -0.15) is 15.0 Å². The molecule has 1 heterocycles. The van der Waals surface area contributed by atoms with Gasteiger partial charge in [0.1, 0.15) is 18.2 Å². The highest BCUT2D eigenvalue weighted by molar-refractivity contribution is 6.30. The summed E-state index contributed by atoms with van der Waals surface area (Å²) in [5.74, 6) is 1.99. The van der Waals surface area contributed by atoms with Gasteiger partial charge in [-0.25, -0.2) is 0 Å². The third kappa shape index (κ3) is 6.07. The Kier molecular flexibility index (Phi) is 6.62. The number of nitrogens with zero attached hydrogens (tertiary/aromatic N) is 4. The average Bonchev–Trinajstić information content (AvgIpc) is 2.65. The molecule has 146 valence electrons. The van der Waals surface area contributed by atoms with Gasteiger partial charge in [0, 0.05) is 17.3 Å². The van der Waals surface area contributed by atoms with Crippen molar-refractivity contribution in [2.75, 3.05) is 31.2 Å². The van der Waals surface area contributed by atoms with Crippen LogP contribution < -0.4 is 15.8 Å². The number of aryl methyl sites for hydroxylation is 1. The topological polar surface area (TPSA) is 89.2 Å². The highest BCUT2D eigenvalue weighted by atomic mass is 35.5. The fourth-order valence-electron chi connectivity index (χ4n) is 2.50. The third-order valence-corrected chi connectivity index (χ3v) is 4.23. The predicted octanol–water partition coefficient (Wildman–Crippen LogP) is 3.67. The van der Waals surface area contributed by atoms with Crippen molar-refractivity contribution >= 4 is 29.2 Å². The number of halogens is 1. The maximum Gasteiger partial charge on any atom is 0.232 e. The number of likely N-dealkylation sites (N-methyl/N-ethyl adjacent to an activating group) is 1. The molecule has 1 aromatic heterocycles. The number of anilines is 3. The van der Waals surface area contributed by atoms with Crippen LogP contribution in [-0.4, -0.2) is 40.1 Å². The van der Waals surface area contributed by atoms with Crippen molar-refractivity contribution < 1.29 is 4.74 Å². The smallest absolute Gasteiger partial charge is 0.232 e. The Labute approximate surface area is 169 Å². The maximum atomic E-state index is 5.87. The van der Waals surface area contributed by atoms with Crippen molar-refractivity contribution in [2.24, 2.45) is 0 Å². The minimum Gasteiger partial charge on any atom is -0.492 e. The number of aromatic nitrogens is 3. The molecule has 7 nitrogen and oxygen atoms in total. The van der Waals surface area contributed by atoms with Gasteiger partial charge in [0.15, 0.2) is 0 Å². The zero-order valence-electron chi connectivity index (χ0n) is 15.9. The van der Waals surface area contributed by atoms with E-state index in [2.05, 4.69) is 25.2 Å². The van der Waals surface area contributed by atoms with Crippen LogP contribution in [0.3, 0.4) is 0 Å². The molecule has 3 N–H and O–H groups in total. The van der Waals surface area contributed by atoms with E-state index < -0.39 is 0 Å². The fourth-order valence-corrected chi connectivity index (χ4v) is 2.63. The van der Waals surface area contributed by atoms with Crippen molar-refractivity contribution in [1.29, 1.82) is 0 Å². The molecule has 0 radical (unpaired) electrons. The van der Waals surface area contributed by atoms with Gasteiger partial charge in [0.05, 0.1) is 6.54 Å². The van der Waals surface area contributed by atoms with Crippen LogP contribution in [0.2, 0.25) is 5.02 Å². The standard InChI is InChI=1S/C20H23ClN6O/c1-14-3-7-16(8-4-14)23-20-25-18(24-19(22)26-20)13-27(2)11-12-28-17-9-5-15(21)6-10-17/h3-10H,11-13H2,1-2H3,(H3,22,23,24,25,26). The summed E-state index contributed by atoms with van der Waals surface area (Å²) in [6.45, 7) is 3.80. The largest absolute Gasteiger partial charge is 0.492 e. The van der Waals surface area contributed by atoms with Crippen LogP contribution in [0, 0.1) is 6.92 Å². The molecule has 0 atom stereocenters. The van der Waals surface area contributed by atoms with E-state index in [9.17, 15) is 0 Å². The Morgan fingerprint density at radius 1 is 1.04 bits per heavy atom. The van der Waals surface area contributed by atoms with Gasteiger partial charge in [-0.1, -0.05) is 29.3 Å². The van der Waals surface area contributed by atoms with Gasteiger partial charge in [-0.05, 0) is 50.4 Å². The number of benzene rings is 2. The van der Waals surface area contributed by atoms with Crippen molar-refractivity contribution in [2.45, 2.75) is 13.5 Å². The van der Waals surface area contributed by atoms with Gasteiger partial charge in [0.2, 0.25) is 11.9 Å². The van der Waals surface area contributed by atoms with Gasteiger partial charge in [-0.15, -0.1) is 0 Å². The summed E-state index contributed by atoms with van der Waals surface area (Å²) < 4.78 is 5.71. The van der Waals surface area contributed by atoms with Gasteiger partial charge in [-0.3, -0.25) is 4.90 Å². The molecule has 0 bridgehead atoms. The summed E-state index contributed by atoms with van der Waals surface area (Å²) in [5, 5.41) is 3.85. The summed E-state index contributed by atoms with van der Waals surface area (Å²) in [6, 6.07) is 15.3. The van der Waals surface area contributed by atoms with Crippen LogP contribution >= 0.6 is 11.6 Å². The van der Waals surface area contributed by atoms with Gasteiger partial charge >= 0.3 is 0 Å². The second-order valence-electron chi connectivity index (χ2n) is 6.46. The number of ether oxygens (including phenoxy) is 1. The zero-order chi connectivity index (χ0) is 19.9. The van der Waals surface area contributed by atoms with E-state index in [0.29, 0.717) is 36.5 Å². The molecule has 3 aromatic rings. The van der Waals surface area contributed by atoms with E-state index >= 15 is 0 Å².